The van der Waals surface area contributed by atoms with E-state index in [4.69, 9.17) is 28.4 Å². The van der Waals surface area contributed by atoms with Crippen molar-refractivity contribution in [3.8, 4) is 0 Å². The highest BCUT2D eigenvalue weighted by Crippen LogP contribution is 2.33. The lowest BCUT2D eigenvalue weighted by Crippen LogP contribution is -2.66. The van der Waals surface area contributed by atoms with Crippen LogP contribution < -0.4 is 5.32 Å². The summed E-state index contributed by atoms with van der Waals surface area (Å²) in [6.07, 6.45) is 46.9. The summed E-state index contributed by atoms with van der Waals surface area (Å²) in [6, 6.07) is -0.887. The molecule has 0 saturated carbocycles. The minimum Gasteiger partial charge on any atom is -0.394 e. The van der Waals surface area contributed by atoms with Crippen molar-refractivity contribution in [2.45, 2.75) is 452 Å². The Bertz CT molecular complexity index is 1880. The van der Waals surface area contributed by atoms with Crippen LogP contribution in [-0.2, 0) is 33.2 Å². The number of hydrogen-bond donors (Lipinski definition) is 12. The Morgan fingerprint density at radius 2 is 0.667 bits per heavy atom. The highest BCUT2D eigenvalue weighted by molar-refractivity contribution is 5.76. The number of carbonyl (C=O) groups excluding carboxylic acids is 1. The topological polar surface area (TPSA) is 307 Å². The Hall–Kier alpha value is -1.73. The van der Waals surface area contributed by atoms with Gasteiger partial charge in [-0.1, -0.05) is 321 Å². The van der Waals surface area contributed by atoms with Crippen LogP contribution in [0.15, 0.2) is 24.3 Å². The molecule has 0 aromatic carbocycles. The minimum atomic E-state index is -1.97. The first kappa shape index (κ1) is 91.5. The molecule has 0 radical (unpaired) electrons. The van der Waals surface area contributed by atoms with E-state index < -0.39 is 124 Å². The number of rotatable bonds is 66. The molecule has 584 valence electrons. The summed E-state index contributed by atoms with van der Waals surface area (Å²) in [6.45, 7) is 1.85. The smallest absolute Gasteiger partial charge is 0.220 e. The summed E-state index contributed by atoms with van der Waals surface area (Å²) in [5, 5.41) is 121. The second-order valence-electron chi connectivity index (χ2n) is 29.6. The molecule has 3 aliphatic rings. The molecule has 12 N–H and O–H groups in total. The zero-order chi connectivity index (χ0) is 71.8. The normalized spacial score (nSPS) is 26.7. The van der Waals surface area contributed by atoms with E-state index in [-0.39, 0.29) is 18.9 Å². The molecule has 3 rings (SSSR count). The molecule has 19 heteroatoms. The largest absolute Gasteiger partial charge is 0.394 e. The number of aliphatic hydroxyl groups is 11. The van der Waals surface area contributed by atoms with Crippen LogP contribution in [0.4, 0.5) is 0 Å². The van der Waals surface area contributed by atoms with E-state index in [0.717, 1.165) is 51.4 Å². The fraction of sp³-hybridized carbons (Fsp3) is 0.938. The van der Waals surface area contributed by atoms with E-state index in [2.05, 4.69) is 43.5 Å². The van der Waals surface area contributed by atoms with E-state index in [1.807, 2.05) is 0 Å². The number of amides is 1. The van der Waals surface area contributed by atoms with Crippen molar-refractivity contribution < 1.29 is 89.4 Å². The Morgan fingerprint density at radius 1 is 0.364 bits per heavy atom. The number of unbranched alkanes of at least 4 members (excludes halogenated alkanes) is 46. The average Bonchev–Trinajstić information content (AvgIpc) is 0.785. The van der Waals surface area contributed by atoms with Gasteiger partial charge >= 0.3 is 0 Å². The third-order valence-electron chi connectivity index (χ3n) is 20.8. The number of hydrogen-bond acceptors (Lipinski definition) is 18. The molecular weight excluding hydrogens is 1260 g/mol. The van der Waals surface area contributed by atoms with Crippen molar-refractivity contribution in [1.82, 2.24) is 5.32 Å². The van der Waals surface area contributed by atoms with Crippen LogP contribution in [0.25, 0.3) is 0 Å². The van der Waals surface area contributed by atoms with Crippen LogP contribution >= 0.6 is 0 Å². The third-order valence-corrected chi connectivity index (χ3v) is 20.8. The molecule has 1 amide bonds. The van der Waals surface area contributed by atoms with Crippen LogP contribution in [0.5, 0.6) is 0 Å². The molecule has 19 nitrogen and oxygen atoms in total. The van der Waals surface area contributed by atoms with Gasteiger partial charge in [0.1, 0.15) is 73.2 Å². The SMILES string of the molecule is CCCCCCC/C=C\C/C=C\CCCCCCCCCCCCCCCCCCCC(=O)NC(COC1OC(CO)C(OC2OC(CO)C(OC3OC(CO)C(O)C(O)C3O)C(O)C2O)C(O)C1O)C(O)CCCCCCCCCCCCCCCCCCCCCCCCCCC. The predicted molar refractivity (Wildman–Crippen MR) is 393 cm³/mol. The molecule has 0 aromatic rings. The Morgan fingerprint density at radius 3 is 1.03 bits per heavy atom. The zero-order valence-corrected chi connectivity index (χ0v) is 62.5. The third kappa shape index (κ3) is 41.7. The van der Waals surface area contributed by atoms with Gasteiger partial charge in [0.15, 0.2) is 18.9 Å². The number of aliphatic hydroxyl groups excluding tert-OH is 11. The minimum absolute atomic E-state index is 0.236. The van der Waals surface area contributed by atoms with E-state index >= 15 is 0 Å². The van der Waals surface area contributed by atoms with Gasteiger partial charge in [-0.3, -0.25) is 4.79 Å². The summed E-state index contributed by atoms with van der Waals surface area (Å²) >= 11 is 0. The van der Waals surface area contributed by atoms with Gasteiger partial charge in [-0.25, -0.2) is 0 Å². The molecule has 0 aromatic heterocycles. The summed E-state index contributed by atoms with van der Waals surface area (Å²) in [5.74, 6) is -0.236. The van der Waals surface area contributed by atoms with E-state index in [9.17, 15) is 61.0 Å². The summed E-state index contributed by atoms with van der Waals surface area (Å²) in [4.78, 5) is 13.5. The highest BCUT2D eigenvalue weighted by Gasteiger charge is 2.54. The van der Waals surface area contributed by atoms with Crippen molar-refractivity contribution in [3.63, 3.8) is 0 Å². The second kappa shape index (κ2) is 61.4. The first-order chi connectivity index (χ1) is 48.3. The Balaban J connectivity index is 1.36. The highest BCUT2D eigenvalue weighted by atomic mass is 16.8. The maximum Gasteiger partial charge on any atom is 0.220 e. The Kier molecular flexibility index (Phi) is 56.8. The van der Waals surface area contributed by atoms with E-state index in [1.165, 1.54) is 263 Å². The molecule has 17 atom stereocenters. The van der Waals surface area contributed by atoms with Crippen molar-refractivity contribution in [2.75, 3.05) is 26.4 Å². The summed E-state index contributed by atoms with van der Waals surface area (Å²) in [5.41, 5.74) is 0. The van der Waals surface area contributed by atoms with Crippen LogP contribution in [-0.4, -0.2) is 193 Å². The van der Waals surface area contributed by atoms with Gasteiger partial charge in [0.2, 0.25) is 5.91 Å². The average molecular weight is 1420 g/mol. The van der Waals surface area contributed by atoms with Crippen LogP contribution in [0.1, 0.15) is 348 Å². The molecule has 3 aliphatic heterocycles. The molecule has 3 fully saturated rings. The van der Waals surface area contributed by atoms with E-state index in [0.29, 0.717) is 12.8 Å². The molecule has 0 aliphatic carbocycles. The lowest BCUT2D eigenvalue weighted by atomic mass is 9.96. The van der Waals surface area contributed by atoms with Gasteiger partial charge in [0.25, 0.3) is 0 Å². The van der Waals surface area contributed by atoms with Crippen molar-refractivity contribution in [3.05, 3.63) is 24.3 Å². The van der Waals surface area contributed by atoms with Gasteiger partial charge in [-0.15, -0.1) is 0 Å². The van der Waals surface area contributed by atoms with Gasteiger partial charge in [0.05, 0.1) is 38.6 Å². The van der Waals surface area contributed by atoms with Crippen LogP contribution in [0, 0.1) is 0 Å². The molecule has 0 spiro atoms. The fourth-order valence-corrected chi connectivity index (χ4v) is 14.2. The fourth-order valence-electron chi connectivity index (χ4n) is 14.2. The van der Waals surface area contributed by atoms with Crippen molar-refractivity contribution in [1.29, 1.82) is 0 Å². The first-order valence-corrected chi connectivity index (χ1v) is 41.1. The maximum absolute atomic E-state index is 13.5. The number of nitrogens with one attached hydrogen (secondary N) is 1. The second-order valence-corrected chi connectivity index (χ2v) is 29.6. The van der Waals surface area contributed by atoms with Crippen molar-refractivity contribution in [2.24, 2.45) is 0 Å². The molecular formula is C80H151NO18. The quantitative estimate of drug-likeness (QED) is 0.0199. The van der Waals surface area contributed by atoms with Gasteiger partial charge in [-0.05, 0) is 44.9 Å². The zero-order valence-electron chi connectivity index (χ0n) is 62.5. The number of carbonyl (C=O) groups is 1. The standard InChI is InChI=1S/C80H151NO18/c1-3-5-7-9-11-13-15-17-19-21-23-25-27-29-30-31-32-34-36-38-40-42-44-46-48-50-52-54-56-58-68(86)81-63(64(85)57-55-53-51-49-47-45-43-41-39-37-35-33-28-26-24-22-20-18-16-14-12-10-8-6-4-2)62-94-78-74(92)71(89)76(66(60-83)96-78)99-80-75(93)72(90)77(67(61-84)97-80)98-79-73(91)70(88)69(87)65(59-82)95-79/h15,17,21,23,63-67,69-80,82-85,87-93H,3-14,16,18-20,22,24-62H2,1-2H3,(H,81,86)/b17-15-,23-21-. The lowest BCUT2D eigenvalue weighted by molar-refractivity contribution is -0.379. The van der Waals surface area contributed by atoms with Gasteiger partial charge in [-0.2, -0.15) is 0 Å². The van der Waals surface area contributed by atoms with Crippen molar-refractivity contribution >= 4 is 5.91 Å². The molecule has 3 heterocycles. The number of allylic oxidation sites excluding steroid dienone is 4. The summed E-state index contributed by atoms with van der Waals surface area (Å²) < 4.78 is 34.5. The molecule has 17 unspecified atom stereocenters. The summed E-state index contributed by atoms with van der Waals surface area (Å²) in [7, 11) is 0. The number of ether oxygens (including phenoxy) is 6. The van der Waals surface area contributed by atoms with E-state index in [1.54, 1.807) is 0 Å². The molecule has 0 bridgehead atoms. The monoisotopic (exact) mass is 1410 g/mol. The Labute approximate surface area is 600 Å². The van der Waals surface area contributed by atoms with Crippen LogP contribution in [0.3, 0.4) is 0 Å². The lowest BCUT2D eigenvalue weighted by Gasteiger charge is -2.48. The van der Waals surface area contributed by atoms with Gasteiger partial charge in [0, 0.05) is 6.42 Å². The van der Waals surface area contributed by atoms with Gasteiger partial charge < -0.3 is 89.9 Å². The van der Waals surface area contributed by atoms with Crippen LogP contribution in [0.2, 0.25) is 0 Å². The molecule has 3 saturated heterocycles. The maximum atomic E-state index is 13.5. The molecule has 99 heavy (non-hydrogen) atoms. The first-order valence-electron chi connectivity index (χ1n) is 41.1. The predicted octanol–water partition coefficient (Wildman–Crippen LogP) is 13.7.